The normalized spacial score (nSPS) is 12.4. The summed E-state index contributed by atoms with van der Waals surface area (Å²) in [6.45, 7) is 11.6. The minimum atomic E-state index is 0.238. The summed E-state index contributed by atoms with van der Waals surface area (Å²) in [6.07, 6.45) is 1.15. The van der Waals surface area contributed by atoms with E-state index >= 15 is 0 Å². The van der Waals surface area contributed by atoms with Gasteiger partial charge in [0.25, 0.3) is 0 Å². The number of aryl methyl sites for hydroxylation is 1. The zero-order valence-corrected chi connectivity index (χ0v) is 11.8. The molecular formula is C14H26N2O. The van der Waals surface area contributed by atoms with Gasteiger partial charge in [-0.05, 0) is 46.4 Å². The summed E-state index contributed by atoms with van der Waals surface area (Å²) < 4.78 is 5.56. The summed E-state index contributed by atoms with van der Waals surface area (Å²) >= 11 is 0. The van der Waals surface area contributed by atoms with Crippen molar-refractivity contribution in [1.29, 1.82) is 0 Å². The second kappa shape index (κ2) is 6.22. The molecule has 0 aliphatic heterocycles. The van der Waals surface area contributed by atoms with Crippen molar-refractivity contribution in [3.63, 3.8) is 0 Å². The quantitative estimate of drug-likeness (QED) is 0.792. The summed E-state index contributed by atoms with van der Waals surface area (Å²) in [5, 5.41) is 3.56. The first kappa shape index (κ1) is 14.3. The average molecular weight is 238 g/mol. The van der Waals surface area contributed by atoms with Gasteiger partial charge in [-0.3, -0.25) is 4.90 Å². The maximum absolute atomic E-state index is 5.56. The summed E-state index contributed by atoms with van der Waals surface area (Å²) in [7, 11) is 2.12. The van der Waals surface area contributed by atoms with Gasteiger partial charge in [-0.15, -0.1) is 0 Å². The lowest BCUT2D eigenvalue weighted by Crippen LogP contribution is -2.42. The monoisotopic (exact) mass is 238 g/mol. The standard InChI is InChI=1S/C14H26N2O/c1-6-14(3,4)15-9-10-16(5)11-13-8-7-12(2)17-13/h7-8,15H,6,9-11H2,1-5H3. The molecule has 0 radical (unpaired) electrons. The van der Waals surface area contributed by atoms with Gasteiger partial charge in [0.05, 0.1) is 6.54 Å². The highest BCUT2D eigenvalue weighted by atomic mass is 16.3. The average Bonchev–Trinajstić information content (AvgIpc) is 2.63. The number of nitrogens with one attached hydrogen (secondary N) is 1. The number of hydrogen-bond donors (Lipinski definition) is 1. The van der Waals surface area contributed by atoms with Gasteiger partial charge in [-0.1, -0.05) is 6.92 Å². The van der Waals surface area contributed by atoms with Crippen LogP contribution in [0.1, 0.15) is 38.7 Å². The molecule has 0 spiro atoms. The maximum Gasteiger partial charge on any atom is 0.118 e. The minimum absolute atomic E-state index is 0.238. The van der Waals surface area contributed by atoms with Crippen LogP contribution >= 0.6 is 0 Å². The topological polar surface area (TPSA) is 28.4 Å². The van der Waals surface area contributed by atoms with Crippen LogP contribution in [0.2, 0.25) is 0 Å². The van der Waals surface area contributed by atoms with E-state index in [1.807, 2.05) is 13.0 Å². The molecule has 0 aromatic carbocycles. The zero-order chi connectivity index (χ0) is 12.9. The van der Waals surface area contributed by atoms with Crippen LogP contribution in [0.25, 0.3) is 0 Å². The Bertz CT molecular complexity index is 331. The number of rotatable bonds is 7. The number of likely N-dealkylation sites (N-methyl/N-ethyl adjacent to an activating group) is 1. The molecule has 0 atom stereocenters. The molecule has 3 heteroatoms. The lowest BCUT2D eigenvalue weighted by Gasteiger charge is -2.26. The lowest BCUT2D eigenvalue weighted by molar-refractivity contribution is 0.272. The van der Waals surface area contributed by atoms with Crippen LogP contribution in [-0.2, 0) is 6.54 Å². The van der Waals surface area contributed by atoms with E-state index in [9.17, 15) is 0 Å². The van der Waals surface area contributed by atoms with Gasteiger partial charge in [0.1, 0.15) is 11.5 Å². The molecule has 98 valence electrons. The van der Waals surface area contributed by atoms with Crippen molar-refractivity contribution >= 4 is 0 Å². The highest BCUT2D eigenvalue weighted by Crippen LogP contribution is 2.09. The molecule has 0 fully saturated rings. The Kier molecular flexibility index (Phi) is 5.22. The molecule has 0 bridgehead atoms. The molecule has 1 rings (SSSR count). The Morgan fingerprint density at radius 3 is 2.59 bits per heavy atom. The van der Waals surface area contributed by atoms with Crippen LogP contribution in [0.3, 0.4) is 0 Å². The molecule has 0 aliphatic rings. The summed E-state index contributed by atoms with van der Waals surface area (Å²) in [6, 6.07) is 4.07. The second-order valence-electron chi connectivity index (χ2n) is 5.41. The minimum Gasteiger partial charge on any atom is -0.465 e. The van der Waals surface area contributed by atoms with Gasteiger partial charge in [-0.2, -0.15) is 0 Å². The summed E-state index contributed by atoms with van der Waals surface area (Å²) in [5.74, 6) is 2.03. The van der Waals surface area contributed by atoms with E-state index in [0.717, 1.165) is 37.6 Å². The Morgan fingerprint density at radius 1 is 1.35 bits per heavy atom. The summed E-state index contributed by atoms with van der Waals surface area (Å²) in [5.41, 5.74) is 0.238. The SMILES string of the molecule is CCC(C)(C)NCCN(C)Cc1ccc(C)o1. The Hall–Kier alpha value is -0.800. The van der Waals surface area contributed by atoms with Crippen LogP contribution in [0.4, 0.5) is 0 Å². The molecule has 0 saturated heterocycles. The molecule has 0 unspecified atom stereocenters. The van der Waals surface area contributed by atoms with Crippen LogP contribution in [0.15, 0.2) is 16.5 Å². The van der Waals surface area contributed by atoms with Crippen LogP contribution in [-0.4, -0.2) is 30.6 Å². The van der Waals surface area contributed by atoms with Gasteiger partial charge in [0, 0.05) is 18.6 Å². The molecule has 1 aromatic heterocycles. The number of nitrogens with zero attached hydrogens (tertiary/aromatic N) is 1. The van der Waals surface area contributed by atoms with E-state index < -0.39 is 0 Å². The van der Waals surface area contributed by atoms with Gasteiger partial charge in [-0.25, -0.2) is 0 Å². The molecule has 0 amide bonds. The second-order valence-corrected chi connectivity index (χ2v) is 5.41. The van der Waals surface area contributed by atoms with Gasteiger partial charge < -0.3 is 9.73 Å². The summed E-state index contributed by atoms with van der Waals surface area (Å²) in [4.78, 5) is 2.27. The fraction of sp³-hybridized carbons (Fsp3) is 0.714. The predicted octanol–water partition coefficient (Wildman–Crippen LogP) is 2.80. The van der Waals surface area contributed by atoms with Gasteiger partial charge in [0.2, 0.25) is 0 Å². The molecule has 1 heterocycles. The molecule has 1 N–H and O–H groups in total. The van der Waals surface area contributed by atoms with Crippen molar-refractivity contribution in [2.24, 2.45) is 0 Å². The van der Waals surface area contributed by atoms with Crippen molar-refractivity contribution in [3.05, 3.63) is 23.7 Å². The van der Waals surface area contributed by atoms with Crippen molar-refractivity contribution in [2.45, 2.75) is 46.2 Å². The van der Waals surface area contributed by atoms with E-state index in [1.165, 1.54) is 0 Å². The Balaban J connectivity index is 2.24. The van der Waals surface area contributed by atoms with Gasteiger partial charge >= 0.3 is 0 Å². The Labute approximate surface area is 105 Å². The highest BCUT2D eigenvalue weighted by molar-refractivity contribution is 5.05. The Morgan fingerprint density at radius 2 is 2.06 bits per heavy atom. The van der Waals surface area contributed by atoms with Gasteiger partial charge in [0.15, 0.2) is 0 Å². The fourth-order valence-electron chi connectivity index (χ4n) is 1.63. The van der Waals surface area contributed by atoms with E-state index in [1.54, 1.807) is 0 Å². The van der Waals surface area contributed by atoms with E-state index in [0.29, 0.717) is 0 Å². The fourth-order valence-corrected chi connectivity index (χ4v) is 1.63. The van der Waals surface area contributed by atoms with Crippen LogP contribution in [0, 0.1) is 6.92 Å². The first-order chi connectivity index (χ1) is 7.93. The highest BCUT2D eigenvalue weighted by Gasteiger charge is 2.13. The first-order valence-electron chi connectivity index (χ1n) is 6.42. The first-order valence-corrected chi connectivity index (χ1v) is 6.42. The largest absolute Gasteiger partial charge is 0.465 e. The molecule has 17 heavy (non-hydrogen) atoms. The van der Waals surface area contributed by atoms with E-state index in [2.05, 4.69) is 44.1 Å². The van der Waals surface area contributed by atoms with E-state index in [4.69, 9.17) is 4.42 Å². The zero-order valence-electron chi connectivity index (χ0n) is 11.8. The van der Waals surface area contributed by atoms with Crippen LogP contribution < -0.4 is 5.32 Å². The van der Waals surface area contributed by atoms with Crippen molar-refractivity contribution in [3.8, 4) is 0 Å². The number of furan rings is 1. The molecule has 1 aromatic rings. The van der Waals surface area contributed by atoms with Crippen molar-refractivity contribution < 1.29 is 4.42 Å². The lowest BCUT2D eigenvalue weighted by atomic mass is 10.0. The number of hydrogen-bond acceptors (Lipinski definition) is 3. The molecule has 0 aliphatic carbocycles. The predicted molar refractivity (Wildman–Crippen MR) is 72.2 cm³/mol. The van der Waals surface area contributed by atoms with Crippen LogP contribution in [0.5, 0.6) is 0 Å². The van der Waals surface area contributed by atoms with E-state index in [-0.39, 0.29) is 5.54 Å². The van der Waals surface area contributed by atoms with Crippen molar-refractivity contribution in [2.75, 3.05) is 20.1 Å². The molecular weight excluding hydrogens is 212 g/mol. The third kappa shape index (κ3) is 5.37. The maximum atomic E-state index is 5.56. The van der Waals surface area contributed by atoms with Crippen molar-refractivity contribution in [1.82, 2.24) is 10.2 Å². The third-order valence-electron chi connectivity index (χ3n) is 3.20. The molecule has 0 saturated carbocycles. The third-order valence-corrected chi connectivity index (χ3v) is 3.20. The smallest absolute Gasteiger partial charge is 0.118 e. The molecule has 3 nitrogen and oxygen atoms in total.